The normalized spacial score (nSPS) is 14.2. The Morgan fingerprint density at radius 3 is 2.50 bits per heavy atom. The third-order valence-electron chi connectivity index (χ3n) is 2.26. The summed E-state index contributed by atoms with van der Waals surface area (Å²) in [5, 5.41) is 19.0. The lowest BCUT2D eigenvalue weighted by molar-refractivity contribution is -0.169. The Morgan fingerprint density at radius 2 is 2.00 bits per heavy atom. The van der Waals surface area contributed by atoms with E-state index in [9.17, 15) is 9.90 Å². The highest BCUT2D eigenvalue weighted by atomic mass is 16.6. The molecule has 0 heterocycles. The summed E-state index contributed by atoms with van der Waals surface area (Å²) in [6.07, 6.45) is 0.0448. The second-order valence-corrected chi connectivity index (χ2v) is 3.57. The molecule has 1 atom stereocenters. The van der Waals surface area contributed by atoms with E-state index in [1.165, 1.54) is 0 Å². The van der Waals surface area contributed by atoms with Crippen molar-refractivity contribution in [1.82, 2.24) is 0 Å². The van der Waals surface area contributed by atoms with Crippen molar-refractivity contribution in [3.05, 3.63) is 35.9 Å². The minimum Gasteiger partial charge on any atom is -0.464 e. The average molecular weight is 224 g/mol. The largest absolute Gasteiger partial charge is 0.464 e. The molecule has 0 amide bonds. The predicted octanol–water partition coefficient (Wildman–Crippen LogP) is 0.516. The van der Waals surface area contributed by atoms with Crippen molar-refractivity contribution in [2.75, 3.05) is 13.2 Å². The smallest absolute Gasteiger partial charge is 0.340 e. The summed E-state index contributed by atoms with van der Waals surface area (Å²) < 4.78 is 4.72. The van der Waals surface area contributed by atoms with Gasteiger partial charge in [0, 0.05) is 6.42 Å². The molecule has 1 rings (SSSR count). The number of hydrogen-bond donors (Lipinski definition) is 2. The highest BCUT2D eigenvalue weighted by molar-refractivity contribution is 5.79. The first-order valence-corrected chi connectivity index (χ1v) is 5.17. The van der Waals surface area contributed by atoms with Crippen LogP contribution < -0.4 is 0 Å². The van der Waals surface area contributed by atoms with Crippen molar-refractivity contribution in [1.29, 1.82) is 0 Å². The highest BCUT2D eigenvalue weighted by Crippen LogP contribution is 2.15. The van der Waals surface area contributed by atoms with Gasteiger partial charge in [-0.15, -0.1) is 0 Å². The topological polar surface area (TPSA) is 66.8 Å². The van der Waals surface area contributed by atoms with Crippen LogP contribution in [-0.4, -0.2) is 35.0 Å². The molecule has 4 heteroatoms. The first-order valence-electron chi connectivity index (χ1n) is 5.17. The summed E-state index contributed by atoms with van der Waals surface area (Å²) in [4.78, 5) is 11.5. The minimum absolute atomic E-state index is 0.0448. The Hall–Kier alpha value is -1.39. The molecule has 0 aliphatic heterocycles. The molecule has 0 bridgehead atoms. The van der Waals surface area contributed by atoms with Crippen molar-refractivity contribution in [3.8, 4) is 0 Å². The van der Waals surface area contributed by atoms with E-state index in [1.807, 2.05) is 6.07 Å². The third kappa shape index (κ3) is 3.05. The Kier molecular flexibility index (Phi) is 4.46. The number of aliphatic hydroxyl groups excluding tert-OH is 1. The number of hydrogen-bond acceptors (Lipinski definition) is 4. The van der Waals surface area contributed by atoms with Crippen LogP contribution in [0.3, 0.4) is 0 Å². The number of benzene rings is 1. The van der Waals surface area contributed by atoms with Gasteiger partial charge in [0.25, 0.3) is 0 Å². The molecule has 0 aliphatic carbocycles. The molecule has 2 N–H and O–H groups in total. The van der Waals surface area contributed by atoms with Crippen molar-refractivity contribution in [3.63, 3.8) is 0 Å². The zero-order valence-corrected chi connectivity index (χ0v) is 9.22. The van der Waals surface area contributed by atoms with Gasteiger partial charge in [-0.25, -0.2) is 4.79 Å². The van der Waals surface area contributed by atoms with Crippen LogP contribution >= 0.6 is 0 Å². The van der Waals surface area contributed by atoms with Gasteiger partial charge >= 0.3 is 5.97 Å². The van der Waals surface area contributed by atoms with Crippen molar-refractivity contribution < 1.29 is 19.7 Å². The van der Waals surface area contributed by atoms with Crippen LogP contribution in [-0.2, 0) is 16.0 Å². The van der Waals surface area contributed by atoms with Gasteiger partial charge in [-0.3, -0.25) is 0 Å². The first kappa shape index (κ1) is 12.7. The van der Waals surface area contributed by atoms with E-state index in [-0.39, 0.29) is 13.0 Å². The van der Waals surface area contributed by atoms with E-state index >= 15 is 0 Å². The van der Waals surface area contributed by atoms with Crippen molar-refractivity contribution >= 4 is 5.97 Å². The van der Waals surface area contributed by atoms with Gasteiger partial charge < -0.3 is 14.9 Å². The Balaban J connectivity index is 2.78. The molecule has 0 aliphatic rings. The number of rotatable bonds is 5. The summed E-state index contributed by atoms with van der Waals surface area (Å²) in [7, 11) is 0. The summed E-state index contributed by atoms with van der Waals surface area (Å²) >= 11 is 0. The number of aliphatic hydroxyl groups is 2. The summed E-state index contributed by atoms with van der Waals surface area (Å²) in [5.41, 5.74) is -1.08. The van der Waals surface area contributed by atoms with Crippen molar-refractivity contribution in [2.24, 2.45) is 0 Å². The minimum atomic E-state index is -1.85. The van der Waals surface area contributed by atoms with E-state index in [0.717, 1.165) is 5.56 Å². The molecule has 0 fully saturated rings. The summed E-state index contributed by atoms with van der Waals surface area (Å²) in [6.45, 7) is 1.18. The molecule has 0 saturated carbocycles. The van der Waals surface area contributed by atoms with E-state index in [0.29, 0.717) is 0 Å². The van der Waals surface area contributed by atoms with Crippen LogP contribution in [0.2, 0.25) is 0 Å². The van der Waals surface area contributed by atoms with Crippen LogP contribution in [0.15, 0.2) is 30.3 Å². The molecule has 0 unspecified atom stereocenters. The quantitative estimate of drug-likeness (QED) is 0.715. The molecule has 88 valence electrons. The molecule has 4 nitrogen and oxygen atoms in total. The standard InChI is InChI=1S/C12H16O4/c1-2-16-11(14)12(15,9-13)8-10-6-4-3-5-7-10/h3-7,13,15H,2,8-9H2,1H3/t12-/m1/s1. The Morgan fingerprint density at radius 1 is 1.38 bits per heavy atom. The average Bonchev–Trinajstić information content (AvgIpc) is 2.30. The fraction of sp³-hybridized carbons (Fsp3) is 0.417. The van der Waals surface area contributed by atoms with Gasteiger partial charge in [0.15, 0.2) is 5.60 Å². The molecule has 0 spiro atoms. The maximum Gasteiger partial charge on any atom is 0.340 e. The first-order chi connectivity index (χ1) is 7.62. The fourth-order valence-corrected chi connectivity index (χ4v) is 1.39. The van der Waals surface area contributed by atoms with Crippen LogP contribution in [0.25, 0.3) is 0 Å². The van der Waals surface area contributed by atoms with Gasteiger partial charge in [0.05, 0.1) is 13.2 Å². The summed E-state index contributed by atoms with van der Waals surface area (Å²) in [5.74, 6) is -0.790. The number of ether oxygens (including phenoxy) is 1. The van der Waals surface area contributed by atoms with E-state index in [1.54, 1.807) is 31.2 Å². The van der Waals surface area contributed by atoms with E-state index in [2.05, 4.69) is 0 Å². The van der Waals surface area contributed by atoms with Crippen LogP contribution in [0.1, 0.15) is 12.5 Å². The van der Waals surface area contributed by atoms with Gasteiger partial charge in [0.2, 0.25) is 0 Å². The monoisotopic (exact) mass is 224 g/mol. The maximum atomic E-state index is 11.5. The molecular weight excluding hydrogens is 208 g/mol. The second-order valence-electron chi connectivity index (χ2n) is 3.57. The molecule has 0 saturated heterocycles. The van der Waals surface area contributed by atoms with Crippen LogP contribution in [0.5, 0.6) is 0 Å². The van der Waals surface area contributed by atoms with Gasteiger partial charge in [0.1, 0.15) is 0 Å². The zero-order chi connectivity index (χ0) is 12.0. The van der Waals surface area contributed by atoms with E-state index in [4.69, 9.17) is 9.84 Å². The molecule has 16 heavy (non-hydrogen) atoms. The van der Waals surface area contributed by atoms with Gasteiger partial charge in [-0.1, -0.05) is 30.3 Å². The number of esters is 1. The number of carbonyl (C=O) groups excluding carboxylic acids is 1. The lowest BCUT2D eigenvalue weighted by atomic mass is 9.95. The van der Waals surface area contributed by atoms with Gasteiger partial charge in [-0.05, 0) is 12.5 Å². The van der Waals surface area contributed by atoms with Gasteiger partial charge in [-0.2, -0.15) is 0 Å². The lowest BCUT2D eigenvalue weighted by Gasteiger charge is -2.23. The molecule has 0 aromatic heterocycles. The SMILES string of the molecule is CCOC(=O)[C@](O)(CO)Cc1ccccc1. The second kappa shape index (κ2) is 5.63. The molecular formula is C12H16O4. The third-order valence-corrected chi connectivity index (χ3v) is 2.26. The summed E-state index contributed by atoms with van der Waals surface area (Å²) in [6, 6.07) is 9.00. The molecule has 1 aromatic rings. The van der Waals surface area contributed by atoms with Crippen molar-refractivity contribution in [2.45, 2.75) is 18.9 Å². The molecule has 0 radical (unpaired) electrons. The van der Waals surface area contributed by atoms with Crippen LogP contribution in [0, 0.1) is 0 Å². The van der Waals surface area contributed by atoms with Crippen LogP contribution in [0.4, 0.5) is 0 Å². The lowest BCUT2D eigenvalue weighted by Crippen LogP contribution is -2.45. The zero-order valence-electron chi connectivity index (χ0n) is 9.22. The molecule has 1 aromatic carbocycles. The maximum absolute atomic E-state index is 11.5. The highest BCUT2D eigenvalue weighted by Gasteiger charge is 2.37. The Labute approximate surface area is 94.5 Å². The fourth-order valence-electron chi connectivity index (χ4n) is 1.39. The number of carbonyl (C=O) groups is 1. The predicted molar refractivity (Wildman–Crippen MR) is 58.8 cm³/mol. The Bertz CT molecular complexity index is 336. The van der Waals surface area contributed by atoms with E-state index < -0.39 is 18.2 Å².